The lowest BCUT2D eigenvalue weighted by Gasteiger charge is -2.34. The van der Waals surface area contributed by atoms with Crippen LogP contribution in [-0.2, 0) is 27.8 Å². The third kappa shape index (κ3) is 7.53. The molecular formula is C26H32N4O8S2. The number of phenols is 1. The largest absolute Gasteiger partial charge is 0.506 e. The number of aromatic hydroxyl groups is 2. The quantitative estimate of drug-likeness (QED) is 0.179. The first kappa shape index (κ1) is 29.4. The molecule has 1 aromatic heterocycles. The zero-order valence-electron chi connectivity index (χ0n) is 21.8. The summed E-state index contributed by atoms with van der Waals surface area (Å²) in [4.78, 5) is 25.1. The Morgan fingerprint density at radius 3 is 2.42 bits per heavy atom. The van der Waals surface area contributed by atoms with Crippen LogP contribution >= 0.6 is 11.3 Å². The van der Waals surface area contributed by atoms with Crippen LogP contribution in [0, 0.1) is 0 Å². The first-order valence-corrected chi connectivity index (χ1v) is 15.3. The number of aliphatic hydroxyl groups excluding tert-OH is 1. The van der Waals surface area contributed by atoms with Crippen LogP contribution in [0.2, 0.25) is 0 Å². The maximum absolute atomic E-state index is 12.0. The zero-order chi connectivity index (χ0) is 29.0. The van der Waals surface area contributed by atoms with Crippen LogP contribution in [0.3, 0.4) is 0 Å². The molecular weight excluding hydrogens is 560 g/mol. The van der Waals surface area contributed by atoms with Gasteiger partial charge >= 0.3 is 10.8 Å². The van der Waals surface area contributed by atoms with Gasteiger partial charge < -0.3 is 30.6 Å². The molecule has 6 N–H and O–H groups in total. The summed E-state index contributed by atoms with van der Waals surface area (Å²) in [5.41, 5.74) is 2.42. The monoisotopic (exact) mass is 592 g/mol. The van der Waals surface area contributed by atoms with Crippen molar-refractivity contribution in [3.63, 3.8) is 0 Å². The summed E-state index contributed by atoms with van der Waals surface area (Å²) >= 11 is 0.839. The van der Waals surface area contributed by atoms with Gasteiger partial charge in [0.1, 0.15) is 12.3 Å². The predicted octanol–water partition coefficient (Wildman–Crippen LogP) is 1.66. The molecule has 12 nitrogen and oxygen atoms in total. The Morgan fingerprint density at radius 2 is 1.80 bits per heavy atom. The van der Waals surface area contributed by atoms with Crippen molar-refractivity contribution in [2.45, 2.75) is 38.0 Å². The molecule has 0 amide bonds. The van der Waals surface area contributed by atoms with Gasteiger partial charge in [-0.1, -0.05) is 29.5 Å². The molecule has 0 radical (unpaired) electrons. The molecule has 2 aromatic carbocycles. The van der Waals surface area contributed by atoms with Crippen LogP contribution in [0.1, 0.15) is 34.9 Å². The van der Waals surface area contributed by atoms with E-state index in [0.29, 0.717) is 16.9 Å². The number of piperidine rings is 1. The number of hydrogen-bond acceptors (Lipinski definition) is 10. The number of rotatable bonds is 11. The second kappa shape index (κ2) is 12.3. The van der Waals surface area contributed by atoms with Gasteiger partial charge in [0.25, 0.3) is 0 Å². The number of benzene rings is 2. The lowest BCUT2D eigenvalue weighted by atomic mass is 10.0. The predicted molar refractivity (Wildman–Crippen MR) is 152 cm³/mol. The average molecular weight is 593 g/mol. The smallest absolute Gasteiger partial charge is 0.323 e. The van der Waals surface area contributed by atoms with Gasteiger partial charge in [0.15, 0.2) is 0 Å². The van der Waals surface area contributed by atoms with Gasteiger partial charge in [-0.3, -0.25) is 18.9 Å². The van der Waals surface area contributed by atoms with E-state index in [1.54, 1.807) is 6.07 Å². The highest BCUT2D eigenvalue weighted by Crippen LogP contribution is 2.29. The van der Waals surface area contributed by atoms with E-state index in [1.165, 1.54) is 12.1 Å². The normalized spacial score (nSPS) is 15.2. The van der Waals surface area contributed by atoms with E-state index in [2.05, 4.69) is 14.9 Å². The van der Waals surface area contributed by atoms with Crippen LogP contribution in [0.4, 0.5) is 11.4 Å². The molecule has 40 heavy (non-hydrogen) atoms. The molecule has 4 rings (SSSR count). The van der Waals surface area contributed by atoms with Gasteiger partial charge in [-0.15, -0.1) is 0 Å². The van der Waals surface area contributed by atoms with E-state index < -0.39 is 33.5 Å². The number of sulfonamides is 1. The summed E-state index contributed by atoms with van der Waals surface area (Å²) in [5.74, 6) is -1.73. The maximum Gasteiger partial charge on any atom is 0.323 e. The van der Waals surface area contributed by atoms with Gasteiger partial charge in [-0.05, 0) is 48.2 Å². The summed E-state index contributed by atoms with van der Waals surface area (Å²) < 4.78 is 26.1. The Morgan fingerprint density at radius 1 is 1.12 bits per heavy atom. The van der Waals surface area contributed by atoms with Crippen molar-refractivity contribution < 1.29 is 33.6 Å². The number of aliphatic hydroxyl groups is 1. The Labute approximate surface area is 235 Å². The van der Waals surface area contributed by atoms with Crippen molar-refractivity contribution in [1.29, 1.82) is 0 Å². The lowest BCUT2D eigenvalue weighted by molar-refractivity contribution is -0.137. The second-order valence-corrected chi connectivity index (χ2v) is 12.6. The molecule has 1 unspecified atom stereocenters. The third-order valence-electron chi connectivity index (χ3n) is 6.69. The van der Waals surface area contributed by atoms with Crippen molar-refractivity contribution in [3.05, 3.63) is 68.1 Å². The van der Waals surface area contributed by atoms with Crippen molar-refractivity contribution in [1.82, 2.24) is 9.88 Å². The van der Waals surface area contributed by atoms with Gasteiger partial charge in [0, 0.05) is 37.8 Å². The molecule has 1 fully saturated rings. The van der Waals surface area contributed by atoms with Crippen molar-refractivity contribution >= 4 is 38.7 Å². The van der Waals surface area contributed by atoms with E-state index in [0.717, 1.165) is 59.3 Å². The first-order chi connectivity index (χ1) is 18.9. The maximum atomic E-state index is 12.0. The molecule has 1 aliphatic rings. The first-order valence-electron chi connectivity index (χ1n) is 12.6. The number of anilines is 2. The number of thiazole rings is 1. The molecule has 1 atom stereocenters. The molecule has 1 aliphatic heterocycles. The van der Waals surface area contributed by atoms with Crippen LogP contribution in [-0.4, -0.2) is 71.3 Å². The van der Waals surface area contributed by atoms with Gasteiger partial charge in [0.05, 0.1) is 22.9 Å². The fourth-order valence-electron chi connectivity index (χ4n) is 4.62. The minimum absolute atomic E-state index is 0.0162. The third-order valence-corrected chi connectivity index (χ3v) is 8.25. The SMILES string of the molecule is CS(=O)(=O)Nc1cc(C(O)CNC2CCN(c3ccc(Cc4sc(=O)n(CC(=O)O)c4O)cc3)CC2)ccc1O. The molecule has 216 valence electrons. The fraction of sp³-hybridized carbons (Fsp3) is 0.385. The van der Waals surface area contributed by atoms with Crippen LogP contribution in [0.25, 0.3) is 0 Å². The standard InChI is InChI=1S/C26H32N4O8S2/c1-40(37,38)28-20-13-17(4-7-21(20)31)22(32)14-27-18-8-10-29(11-9-18)19-5-2-16(3-6-19)12-23-25(35)30(15-24(33)34)26(36)39-23/h2-7,13,18,22,27-28,31-32,35H,8-12,14-15H2,1H3,(H,33,34). The molecule has 14 heteroatoms. The number of nitrogens with zero attached hydrogens (tertiary/aromatic N) is 2. The summed E-state index contributed by atoms with van der Waals surface area (Å²) in [7, 11) is -3.57. The van der Waals surface area contributed by atoms with Gasteiger partial charge in [-0.2, -0.15) is 0 Å². The summed E-state index contributed by atoms with van der Waals surface area (Å²) in [6, 6.07) is 12.3. The highest BCUT2D eigenvalue weighted by Gasteiger charge is 2.21. The van der Waals surface area contributed by atoms with Gasteiger partial charge in [-0.25, -0.2) is 8.42 Å². The van der Waals surface area contributed by atoms with Crippen molar-refractivity contribution in [2.24, 2.45) is 0 Å². The Hall–Kier alpha value is -3.59. The van der Waals surface area contributed by atoms with Gasteiger partial charge in [0.2, 0.25) is 15.9 Å². The zero-order valence-corrected chi connectivity index (χ0v) is 23.4. The number of carboxylic acids is 1. The summed E-state index contributed by atoms with van der Waals surface area (Å²) in [6.45, 7) is 1.30. The number of hydrogen-bond donors (Lipinski definition) is 6. The molecule has 0 saturated carbocycles. The molecule has 2 heterocycles. The Bertz CT molecular complexity index is 1510. The molecule has 0 aliphatic carbocycles. The summed E-state index contributed by atoms with van der Waals surface area (Å²) in [6.07, 6.45) is 2.12. The van der Waals surface area contributed by atoms with Crippen LogP contribution in [0.5, 0.6) is 11.6 Å². The topological polar surface area (TPSA) is 181 Å². The minimum Gasteiger partial charge on any atom is -0.506 e. The van der Waals surface area contributed by atoms with E-state index >= 15 is 0 Å². The summed E-state index contributed by atoms with van der Waals surface area (Å²) in [5, 5.41) is 43.0. The van der Waals surface area contributed by atoms with E-state index in [-0.39, 0.29) is 29.9 Å². The molecule has 1 saturated heterocycles. The Balaban J connectivity index is 1.27. The van der Waals surface area contributed by atoms with E-state index in [1.807, 2.05) is 24.3 Å². The number of aromatic nitrogens is 1. The lowest BCUT2D eigenvalue weighted by Crippen LogP contribution is -2.43. The number of aliphatic carboxylic acids is 1. The highest BCUT2D eigenvalue weighted by atomic mass is 32.2. The highest BCUT2D eigenvalue weighted by molar-refractivity contribution is 7.92. The molecule has 0 bridgehead atoms. The minimum atomic E-state index is -3.57. The van der Waals surface area contributed by atoms with E-state index in [4.69, 9.17) is 5.11 Å². The van der Waals surface area contributed by atoms with Crippen molar-refractivity contribution in [2.75, 3.05) is 35.5 Å². The molecule has 0 spiro atoms. The van der Waals surface area contributed by atoms with E-state index in [9.17, 15) is 33.3 Å². The Kier molecular flexibility index (Phi) is 9.03. The molecule has 3 aromatic rings. The average Bonchev–Trinajstić information content (AvgIpc) is 3.15. The van der Waals surface area contributed by atoms with Crippen LogP contribution in [0.15, 0.2) is 47.3 Å². The number of nitrogens with one attached hydrogen (secondary N) is 2. The van der Waals surface area contributed by atoms with Crippen molar-refractivity contribution in [3.8, 4) is 11.6 Å². The van der Waals surface area contributed by atoms with Crippen LogP contribution < -0.4 is 19.8 Å². The number of phenolic OH excluding ortho intramolecular Hbond substituents is 1. The number of carbonyl (C=O) groups is 1. The number of carboxylic acid groups (broad SMARTS) is 1. The fourth-order valence-corrected chi connectivity index (χ4v) is 6.10. The second-order valence-electron chi connectivity index (χ2n) is 9.77.